The van der Waals surface area contributed by atoms with Crippen LogP contribution in [-0.2, 0) is 4.79 Å². The van der Waals surface area contributed by atoms with Crippen molar-refractivity contribution in [3.63, 3.8) is 0 Å². The lowest BCUT2D eigenvalue weighted by Crippen LogP contribution is -2.25. The van der Waals surface area contributed by atoms with E-state index in [2.05, 4.69) is 10.3 Å². The minimum absolute atomic E-state index is 0.0632. The molecule has 0 radical (unpaired) electrons. The van der Waals surface area contributed by atoms with Crippen LogP contribution < -0.4 is 11.1 Å². The summed E-state index contributed by atoms with van der Waals surface area (Å²) >= 11 is 2.92. The first-order valence-electron chi connectivity index (χ1n) is 4.76. The topological polar surface area (TPSA) is 68.0 Å². The minimum Gasteiger partial charge on any atom is -0.375 e. The molecular formula is C9H15N3OS2. The highest BCUT2D eigenvalue weighted by molar-refractivity contribution is 8.01. The fourth-order valence-corrected chi connectivity index (χ4v) is 2.84. The van der Waals surface area contributed by atoms with E-state index in [-0.39, 0.29) is 5.91 Å². The molecule has 15 heavy (non-hydrogen) atoms. The maximum Gasteiger partial charge on any atom is 0.230 e. The van der Waals surface area contributed by atoms with Gasteiger partial charge in [-0.3, -0.25) is 4.79 Å². The molecule has 0 atom stereocenters. The maximum atomic E-state index is 11.3. The molecule has 0 aliphatic rings. The molecule has 3 N–H and O–H groups in total. The van der Waals surface area contributed by atoms with E-state index in [0.29, 0.717) is 10.9 Å². The third kappa shape index (κ3) is 4.09. The van der Waals surface area contributed by atoms with Gasteiger partial charge in [-0.15, -0.1) is 11.8 Å². The Labute approximate surface area is 97.7 Å². The van der Waals surface area contributed by atoms with Gasteiger partial charge in [0.05, 0.1) is 15.7 Å². The number of aryl methyl sites for hydroxylation is 1. The third-order valence-corrected chi connectivity index (χ3v) is 4.03. The number of hydrogen-bond donors (Lipinski definition) is 2. The number of rotatable bonds is 5. The second-order valence-corrected chi connectivity index (χ2v) is 5.34. The second-order valence-electron chi connectivity index (χ2n) is 3.06. The molecule has 0 spiro atoms. The van der Waals surface area contributed by atoms with E-state index in [0.717, 1.165) is 22.9 Å². The van der Waals surface area contributed by atoms with Crippen LogP contribution in [0.3, 0.4) is 0 Å². The van der Waals surface area contributed by atoms with Crippen LogP contribution >= 0.6 is 23.1 Å². The SMILES string of the molecule is CCCNC(=O)CSc1sc(N)nc1C. The van der Waals surface area contributed by atoms with Gasteiger partial charge in [-0.25, -0.2) is 4.98 Å². The smallest absolute Gasteiger partial charge is 0.230 e. The fourth-order valence-electron chi connectivity index (χ4n) is 0.983. The molecule has 0 aliphatic carbocycles. The van der Waals surface area contributed by atoms with E-state index in [4.69, 9.17) is 5.73 Å². The highest BCUT2D eigenvalue weighted by Gasteiger charge is 2.08. The van der Waals surface area contributed by atoms with Gasteiger partial charge >= 0.3 is 0 Å². The predicted molar refractivity (Wildman–Crippen MR) is 65.3 cm³/mol. The quantitative estimate of drug-likeness (QED) is 0.774. The van der Waals surface area contributed by atoms with Crippen LogP contribution in [0.25, 0.3) is 0 Å². The molecule has 84 valence electrons. The van der Waals surface area contributed by atoms with Crippen LogP contribution in [0.1, 0.15) is 19.0 Å². The molecule has 0 fully saturated rings. The van der Waals surface area contributed by atoms with Crippen LogP contribution in [0, 0.1) is 6.92 Å². The number of thiazole rings is 1. The van der Waals surface area contributed by atoms with E-state index in [1.807, 2.05) is 13.8 Å². The summed E-state index contributed by atoms with van der Waals surface area (Å²) in [6, 6.07) is 0. The standard InChI is InChI=1S/C9H15N3OS2/c1-3-4-11-7(13)5-14-8-6(2)12-9(10)15-8/h3-5H2,1-2H3,(H2,10,12)(H,11,13). The van der Waals surface area contributed by atoms with Crippen molar-refractivity contribution in [1.82, 2.24) is 10.3 Å². The first-order chi connectivity index (χ1) is 7.13. The number of nitrogen functional groups attached to an aromatic ring is 1. The van der Waals surface area contributed by atoms with E-state index in [1.54, 1.807) is 0 Å². The van der Waals surface area contributed by atoms with E-state index < -0.39 is 0 Å². The van der Waals surface area contributed by atoms with Gasteiger partial charge in [-0.05, 0) is 13.3 Å². The average Bonchev–Trinajstić information content (AvgIpc) is 2.51. The van der Waals surface area contributed by atoms with E-state index in [9.17, 15) is 4.79 Å². The Balaban J connectivity index is 2.36. The molecule has 6 heteroatoms. The van der Waals surface area contributed by atoms with Gasteiger partial charge in [0.1, 0.15) is 0 Å². The number of carbonyl (C=O) groups excluding carboxylic acids is 1. The maximum absolute atomic E-state index is 11.3. The molecule has 0 aliphatic heterocycles. The molecular weight excluding hydrogens is 230 g/mol. The van der Waals surface area contributed by atoms with Crippen molar-refractivity contribution >= 4 is 34.1 Å². The van der Waals surface area contributed by atoms with Crippen LogP contribution in [-0.4, -0.2) is 23.2 Å². The molecule has 1 rings (SSSR count). The largest absolute Gasteiger partial charge is 0.375 e. The molecule has 0 saturated heterocycles. The highest BCUT2D eigenvalue weighted by Crippen LogP contribution is 2.30. The Kier molecular flexibility index (Phi) is 4.90. The molecule has 0 bridgehead atoms. The monoisotopic (exact) mass is 245 g/mol. The number of amides is 1. The molecule has 4 nitrogen and oxygen atoms in total. The number of nitrogens with two attached hydrogens (primary N) is 1. The van der Waals surface area contributed by atoms with Crippen molar-refractivity contribution in [3.8, 4) is 0 Å². The van der Waals surface area contributed by atoms with Crippen LogP contribution in [0.15, 0.2) is 4.21 Å². The van der Waals surface area contributed by atoms with Gasteiger partial charge in [0.2, 0.25) is 5.91 Å². The van der Waals surface area contributed by atoms with Gasteiger partial charge in [0.15, 0.2) is 5.13 Å². The lowest BCUT2D eigenvalue weighted by molar-refractivity contribution is -0.118. The molecule has 0 saturated carbocycles. The zero-order valence-electron chi connectivity index (χ0n) is 8.87. The van der Waals surface area contributed by atoms with Gasteiger partial charge in [-0.2, -0.15) is 0 Å². The number of nitrogens with zero attached hydrogens (tertiary/aromatic N) is 1. The Bertz CT molecular complexity index is 338. The van der Waals surface area contributed by atoms with Crippen molar-refractivity contribution in [1.29, 1.82) is 0 Å². The second kappa shape index (κ2) is 5.97. The molecule has 1 aromatic rings. The van der Waals surface area contributed by atoms with Crippen LogP contribution in [0.5, 0.6) is 0 Å². The molecule has 1 amide bonds. The van der Waals surface area contributed by atoms with Crippen molar-refractivity contribution in [3.05, 3.63) is 5.69 Å². The van der Waals surface area contributed by atoms with Crippen molar-refractivity contribution in [2.75, 3.05) is 18.0 Å². The van der Waals surface area contributed by atoms with Gasteiger partial charge in [0.25, 0.3) is 0 Å². The number of anilines is 1. The Morgan fingerprint density at radius 2 is 2.40 bits per heavy atom. The predicted octanol–water partition coefficient (Wildman–Crippen LogP) is 1.65. The Morgan fingerprint density at radius 1 is 1.67 bits per heavy atom. The summed E-state index contributed by atoms with van der Waals surface area (Å²) in [5.74, 6) is 0.496. The summed E-state index contributed by atoms with van der Waals surface area (Å²) in [6.07, 6.45) is 0.961. The number of thioether (sulfide) groups is 1. The number of aromatic nitrogens is 1. The molecule has 1 aromatic heterocycles. The number of nitrogens with one attached hydrogen (secondary N) is 1. The van der Waals surface area contributed by atoms with Gasteiger partial charge < -0.3 is 11.1 Å². The average molecular weight is 245 g/mol. The first kappa shape index (κ1) is 12.3. The van der Waals surface area contributed by atoms with Crippen LogP contribution in [0.2, 0.25) is 0 Å². The summed E-state index contributed by atoms with van der Waals surface area (Å²) in [4.78, 5) is 15.4. The third-order valence-electron chi connectivity index (χ3n) is 1.68. The fraction of sp³-hybridized carbons (Fsp3) is 0.556. The number of hydrogen-bond acceptors (Lipinski definition) is 5. The normalized spacial score (nSPS) is 10.3. The summed E-state index contributed by atoms with van der Waals surface area (Å²) in [5.41, 5.74) is 6.47. The summed E-state index contributed by atoms with van der Waals surface area (Å²) in [7, 11) is 0. The minimum atomic E-state index is 0.0632. The molecule has 0 aromatic carbocycles. The van der Waals surface area contributed by atoms with Gasteiger partial charge in [0, 0.05) is 6.54 Å². The Morgan fingerprint density at radius 3 is 2.93 bits per heavy atom. The van der Waals surface area contributed by atoms with Crippen molar-refractivity contribution in [2.24, 2.45) is 0 Å². The first-order valence-corrected chi connectivity index (χ1v) is 6.56. The van der Waals surface area contributed by atoms with E-state index in [1.165, 1.54) is 23.1 Å². The van der Waals surface area contributed by atoms with Gasteiger partial charge in [-0.1, -0.05) is 18.3 Å². The lowest BCUT2D eigenvalue weighted by atomic mass is 10.5. The lowest BCUT2D eigenvalue weighted by Gasteiger charge is -2.01. The van der Waals surface area contributed by atoms with Crippen molar-refractivity contribution in [2.45, 2.75) is 24.5 Å². The van der Waals surface area contributed by atoms with Crippen molar-refractivity contribution < 1.29 is 4.79 Å². The summed E-state index contributed by atoms with van der Waals surface area (Å²) in [6.45, 7) is 4.67. The highest BCUT2D eigenvalue weighted by atomic mass is 32.2. The Hall–Kier alpha value is -0.750. The van der Waals surface area contributed by atoms with Crippen LogP contribution in [0.4, 0.5) is 5.13 Å². The summed E-state index contributed by atoms with van der Waals surface area (Å²) in [5, 5.41) is 3.38. The molecule has 1 heterocycles. The zero-order chi connectivity index (χ0) is 11.3. The molecule has 0 unspecified atom stereocenters. The van der Waals surface area contributed by atoms with E-state index >= 15 is 0 Å². The summed E-state index contributed by atoms with van der Waals surface area (Å²) < 4.78 is 1.03. The number of carbonyl (C=O) groups is 1. The zero-order valence-corrected chi connectivity index (χ0v) is 10.5.